The molecule has 3 aromatic heterocycles. The molecule has 5 heteroatoms. The van der Waals surface area contributed by atoms with Crippen molar-refractivity contribution >= 4 is 27.4 Å². The maximum Gasteiger partial charge on any atom is 0.181 e. The Labute approximate surface area is 115 Å². The predicted octanol–water partition coefficient (Wildman–Crippen LogP) is 3.49. The van der Waals surface area contributed by atoms with Crippen LogP contribution >= 0.6 is 11.3 Å². The molecule has 3 aromatic rings. The number of nitrogens with zero attached hydrogens (tertiary/aromatic N) is 3. The molecule has 1 N–H and O–H groups in total. The van der Waals surface area contributed by atoms with E-state index in [9.17, 15) is 0 Å². The fourth-order valence-electron chi connectivity index (χ4n) is 1.93. The van der Waals surface area contributed by atoms with Gasteiger partial charge in [0, 0.05) is 12.7 Å². The van der Waals surface area contributed by atoms with Gasteiger partial charge in [-0.1, -0.05) is 0 Å². The van der Waals surface area contributed by atoms with Gasteiger partial charge in [-0.25, -0.2) is 9.97 Å². The third kappa shape index (κ3) is 2.29. The van der Waals surface area contributed by atoms with Crippen LogP contribution in [0.3, 0.4) is 0 Å². The van der Waals surface area contributed by atoms with Crippen LogP contribution in [0.25, 0.3) is 21.7 Å². The molecule has 0 saturated heterocycles. The van der Waals surface area contributed by atoms with E-state index >= 15 is 0 Å². The Bertz CT molecular complexity index is 720. The Balaban J connectivity index is 2.18. The summed E-state index contributed by atoms with van der Waals surface area (Å²) >= 11 is 1.62. The number of fused-ring (bicyclic) bond motifs is 1. The number of hydrogen-bond donors (Lipinski definition) is 1. The fraction of sp³-hybridized carbons (Fsp3) is 0.214. The summed E-state index contributed by atoms with van der Waals surface area (Å²) in [6, 6.07) is 6.02. The monoisotopic (exact) mass is 270 g/mol. The zero-order valence-electron chi connectivity index (χ0n) is 10.8. The Morgan fingerprint density at radius 3 is 2.95 bits per heavy atom. The average Bonchev–Trinajstić information content (AvgIpc) is 2.87. The van der Waals surface area contributed by atoms with Crippen LogP contribution in [0.4, 0.5) is 5.82 Å². The molecule has 3 heterocycles. The second-order valence-corrected chi connectivity index (χ2v) is 5.18. The van der Waals surface area contributed by atoms with E-state index in [-0.39, 0.29) is 0 Å². The second kappa shape index (κ2) is 4.93. The standard InChI is InChI=1S/C14H14N4S/c1-3-15-12-10-5-7-19-14(10)18-13(17-12)11-8-9(2)4-6-16-11/h4-8H,3H2,1-2H3,(H,15,17,18). The number of thiophene rings is 1. The molecule has 0 saturated carbocycles. The number of nitrogens with one attached hydrogen (secondary N) is 1. The molecule has 0 aliphatic rings. The SMILES string of the molecule is CCNc1nc(-c2cc(C)ccn2)nc2sccc12. The zero-order valence-corrected chi connectivity index (χ0v) is 11.7. The first-order chi connectivity index (χ1) is 9.28. The van der Waals surface area contributed by atoms with Crippen LogP contribution in [0.1, 0.15) is 12.5 Å². The summed E-state index contributed by atoms with van der Waals surface area (Å²) in [7, 11) is 0. The van der Waals surface area contributed by atoms with Crippen LogP contribution in [0, 0.1) is 6.92 Å². The van der Waals surface area contributed by atoms with Crippen LogP contribution in [-0.4, -0.2) is 21.5 Å². The Morgan fingerprint density at radius 1 is 1.26 bits per heavy atom. The minimum absolute atomic E-state index is 0.676. The second-order valence-electron chi connectivity index (χ2n) is 4.28. The van der Waals surface area contributed by atoms with Gasteiger partial charge in [0.1, 0.15) is 16.3 Å². The van der Waals surface area contributed by atoms with Gasteiger partial charge in [-0.05, 0) is 43.0 Å². The Hall–Kier alpha value is -2.01. The van der Waals surface area contributed by atoms with Crippen LogP contribution in [-0.2, 0) is 0 Å². The summed E-state index contributed by atoms with van der Waals surface area (Å²) in [4.78, 5) is 14.5. The average molecular weight is 270 g/mol. The zero-order chi connectivity index (χ0) is 13.2. The van der Waals surface area contributed by atoms with Crippen LogP contribution in [0.2, 0.25) is 0 Å². The summed E-state index contributed by atoms with van der Waals surface area (Å²) in [5.41, 5.74) is 1.97. The topological polar surface area (TPSA) is 50.7 Å². The van der Waals surface area contributed by atoms with E-state index < -0.39 is 0 Å². The summed E-state index contributed by atoms with van der Waals surface area (Å²) in [5, 5.41) is 6.40. The van der Waals surface area contributed by atoms with Gasteiger partial charge in [-0.2, -0.15) is 0 Å². The third-order valence-corrected chi connectivity index (χ3v) is 3.62. The van der Waals surface area contributed by atoms with Crippen LogP contribution < -0.4 is 5.32 Å². The third-order valence-electron chi connectivity index (χ3n) is 2.81. The number of rotatable bonds is 3. The molecule has 0 radical (unpaired) electrons. The molecule has 0 unspecified atom stereocenters. The number of anilines is 1. The quantitative estimate of drug-likeness (QED) is 0.791. The van der Waals surface area contributed by atoms with Crippen molar-refractivity contribution in [3.8, 4) is 11.5 Å². The van der Waals surface area contributed by atoms with Crippen molar-refractivity contribution in [2.24, 2.45) is 0 Å². The van der Waals surface area contributed by atoms with E-state index in [4.69, 9.17) is 0 Å². The van der Waals surface area contributed by atoms with E-state index in [0.29, 0.717) is 5.82 Å². The number of aromatic nitrogens is 3. The first-order valence-electron chi connectivity index (χ1n) is 6.20. The van der Waals surface area contributed by atoms with Gasteiger partial charge < -0.3 is 5.32 Å². The van der Waals surface area contributed by atoms with E-state index in [1.807, 2.05) is 30.5 Å². The summed E-state index contributed by atoms with van der Waals surface area (Å²) in [6.07, 6.45) is 1.79. The van der Waals surface area contributed by atoms with Gasteiger partial charge in [0.25, 0.3) is 0 Å². The maximum absolute atomic E-state index is 4.60. The molecule has 19 heavy (non-hydrogen) atoms. The Morgan fingerprint density at radius 2 is 2.16 bits per heavy atom. The highest BCUT2D eigenvalue weighted by molar-refractivity contribution is 7.16. The van der Waals surface area contributed by atoms with E-state index in [0.717, 1.165) is 33.8 Å². The fourth-order valence-corrected chi connectivity index (χ4v) is 2.69. The molecule has 0 amide bonds. The van der Waals surface area contributed by atoms with E-state index in [2.05, 4.69) is 27.2 Å². The molecule has 0 bridgehead atoms. The highest BCUT2D eigenvalue weighted by Gasteiger charge is 2.10. The molecule has 0 aliphatic carbocycles. The molecular formula is C14H14N4S. The molecule has 0 fully saturated rings. The van der Waals surface area contributed by atoms with Crippen molar-refractivity contribution in [3.63, 3.8) is 0 Å². The van der Waals surface area contributed by atoms with Crippen molar-refractivity contribution in [2.75, 3.05) is 11.9 Å². The van der Waals surface area contributed by atoms with Crippen molar-refractivity contribution in [1.82, 2.24) is 15.0 Å². The minimum atomic E-state index is 0.676. The molecule has 3 rings (SSSR count). The van der Waals surface area contributed by atoms with Gasteiger partial charge in [0.05, 0.1) is 5.39 Å². The van der Waals surface area contributed by atoms with E-state index in [1.54, 1.807) is 17.5 Å². The predicted molar refractivity (Wildman–Crippen MR) is 79.5 cm³/mol. The lowest BCUT2D eigenvalue weighted by atomic mass is 10.2. The van der Waals surface area contributed by atoms with Crippen molar-refractivity contribution in [3.05, 3.63) is 35.3 Å². The molecule has 0 atom stereocenters. The number of aryl methyl sites for hydroxylation is 1. The lowest BCUT2D eigenvalue weighted by molar-refractivity contribution is 1.13. The van der Waals surface area contributed by atoms with Gasteiger partial charge in [0.2, 0.25) is 0 Å². The van der Waals surface area contributed by atoms with E-state index in [1.165, 1.54) is 0 Å². The molecule has 96 valence electrons. The summed E-state index contributed by atoms with van der Waals surface area (Å²) in [5.74, 6) is 1.56. The molecule has 4 nitrogen and oxygen atoms in total. The largest absolute Gasteiger partial charge is 0.370 e. The molecule has 0 aromatic carbocycles. The van der Waals surface area contributed by atoms with Gasteiger partial charge >= 0.3 is 0 Å². The minimum Gasteiger partial charge on any atom is -0.370 e. The molecular weight excluding hydrogens is 256 g/mol. The smallest absolute Gasteiger partial charge is 0.181 e. The van der Waals surface area contributed by atoms with Gasteiger partial charge in [0.15, 0.2) is 5.82 Å². The highest BCUT2D eigenvalue weighted by Crippen LogP contribution is 2.27. The van der Waals surface area contributed by atoms with Gasteiger partial charge in [-0.15, -0.1) is 11.3 Å². The molecule has 0 spiro atoms. The van der Waals surface area contributed by atoms with Crippen LogP contribution in [0.5, 0.6) is 0 Å². The van der Waals surface area contributed by atoms with Gasteiger partial charge in [-0.3, -0.25) is 4.98 Å². The first kappa shape index (κ1) is 12.0. The first-order valence-corrected chi connectivity index (χ1v) is 7.08. The normalized spacial score (nSPS) is 10.8. The number of pyridine rings is 1. The summed E-state index contributed by atoms with van der Waals surface area (Å²) < 4.78 is 0. The molecule has 0 aliphatic heterocycles. The van der Waals surface area contributed by atoms with Crippen molar-refractivity contribution < 1.29 is 0 Å². The lowest BCUT2D eigenvalue weighted by Crippen LogP contribution is -2.02. The highest BCUT2D eigenvalue weighted by atomic mass is 32.1. The summed E-state index contributed by atoms with van der Waals surface area (Å²) in [6.45, 7) is 4.94. The lowest BCUT2D eigenvalue weighted by Gasteiger charge is -2.07. The van der Waals surface area contributed by atoms with Crippen LogP contribution in [0.15, 0.2) is 29.8 Å². The number of hydrogen-bond acceptors (Lipinski definition) is 5. The van der Waals surface area contributed by atoms with Crippen molar-refractivity contribution in [2.45, 2.75) is 13.8 Å². The maximum atomic E-state index is 4.60. The van der Waals surface area contributed by atoms with Crippen molar-refractivity contribution in [1.29, 1.82) is 0 Å². The Kier molecular flexibility index (Phi) is 3.13.